The standard InChI is InChI=1S/C25H33BrO4/c1-3-23(30-25(18-26)28-4-2)17-24(29-20-22-13-9-6-10-14-22)15-16-27-19-21-11-7-5-8-12-21/h3,5-14,23-25H,1,4,15-20H2,2H3/t23-,24+,25?/m0/s1. The third kappa shape index (κ3) is 10.0. The fourth-order valence-electron chi connectivity index (χ4n) is 3.00. The number of benzene rings is 2. The molecule has 0 radical (unpaired) electrons. The van der Waals surface area contributed by atoms with Crippen molar-refractivity contribution in [1.82, 2.24) is 0 Å². The van der Waals surface area contributed by atoms with Crippen LogP contribution in [0.4, 0.5) is 0 Å². The summed E-state index contributed by atoms with van der Waals surface area (Å²) in [5.41, 5.74) is 2.32. The van der Waals surface area contributed by atoms with Crippen LogP contribution in [-0.2, 0) is 32.2 Å². The first-order chi connectivity index (χ1) is 14.7. The smallest absolute Gasteiger partial charge is 0.167 e. The molecule has 4 nitrogen and oxygen atoms in total. The molecule has 0 N–H and O–H groups in total. The van der Waals surface area contributed by atoms with E-state index in [1.165, 1.54) is 5.56 Å². The number of ether oxygens (including phenoxy) is 4. The minimum Gasteiger partial charge on any atom is -0.377 e. The van der Waals surface area contributed by atoms with Crippen molar-refractivity contribution < 1.29 is 18.9 Å². The van der Waals surface area contributed by atoms with Gasteiger partial charge in [-0.25, -0.2) is 0 Å². The van der Waals surface area contributed by atoms with Gasteiger partial charge in [0, 0.05) is 19.6 Å². The first-order valence-corrected chi connectivity index (χ1v) is 11.6. The molecule has 2 aromatic rings. The van der Waals surface area contributed by atoms with Crippen LogP contribution in [0.2, 0.25) is 0 Å². The van der Waals surface area contributed by atoms with Crippen molar-refractivity contribution in [2.24, 2.45) is 0 Å². The number of rotatable bonds is 16. The Morgan fingerprint density at radius 2 is 1.57 bits per heavy atom. The Morgan fingerprint density at radius 3 is 2.13 bits per heavy atom. The molecule has 30 heavy (non-hydrogen) atoms. The highest BCUT2D eigenvalue weighted by molar-refractivity contribution is 9.09. The monoisotopic (exact) mass is 476 g/mol. The topological polar surface area (TPSA) is 36.9 Å². The van der Waals surface area contributed by atoms with Crippen molar-refractivity contribution in [3.8, 4) is 0 Å². The van der Waals surface area contributed by atoms with Gasteiger partial charge in [-0.15, -0.1) is 6.58 Å². The van der Waals surface area contributed by atoms with Crippen LogP contribution in [0.5, 0.6) is 0 Å². The highest BCUT2D eigenvalue weighted by atomic mass is 79.9. The SMILES string of the molecule is C=C[C@@H](C[C@@H](CCOCc1ccccc1)OCc1ccccc1)OC(CBr)OCC. The molecule has 0 saturated carbocycles. The number of alkyl halides is 1. The lowest BCUT2D eigenvalue weighted by molar-refractivity contribution is -0.151. The van der Waals surface area contributed by atoms with Gasteiger partial charge >= 0.3 is 0 Å². The molecule has 1 unspecified atom stereocenters. The van der Waals surface area contributed by atoms with Crippen LogP contribution in [0.3, 0.4) is 0 Å². The van der Waals surface area contributed by atoms with E-state index >= 15 is 0 Å². The molecule has 0 aliphatic carbocycles. The molecule has 5 heteroatoms. The first-order valence-electron chi connectivity index (χ1n) is 10.5. The first kappa shape index (κ1) is 24.8. The third-order valence-electron chi connectivity index (χ3n) is 4.59. The van der Waals surface area contributed by atoms with E-state index in [1.54, 1.807) is 0 Å². The van der Waals surface area contributed by atoms with Crippen molar-refractivity contribution in [2.75, 3.05) is 18.5 Å². The summed E-state index contributed by atoms with van der Waals surface area (Å²) in [4.78, 5) is 0. The normalized spacial score (nSPS) is 14.2. The Kier molecular flexibility index (Phi) is 12.7. The van der Waals surface area contributed by atoms with Crippen molar-refractivity contribution in [2.45, 2.75) is 51.5 Å². The number of hydrogen-bond acceptors (Lipinski definition) is 4. The van der Waals surface area contributed by atoms with Crippen molar-refractivity contribution in [3.05, 3.63) is 84.4 Å². The Morgan fingerprint density at radius 1 is 0.933 bits per heavy atom. The predicted octanol–water partition coefficient (Wildman–Crippen LogP) is 5.90. The number of halogens is 1. The van der Waals surface area contributed by atoms with E-state index in [0.29, 0.717) is 38.2 Å². The molecule has 3 atom stereocenters. The van der Waals surface area contributed by atoms with Gasteiger partial charge in [-0.3, -0.25) is 0 Å². The van der Waals surface area contributed by atoms with Gasteiger partial charge in [0.2, 0.25) is 0 Å². The second-order valence-electron chi connectivity index (χ2n) is 6.93. The zero-order valence-electron chi connectivity index (χ0n) is 17.8. The molecule has 0 bridgehead atoms. The molecular formula is C25H33BrO4. The van der Waals surface area contributed by atoms with E-state index < -0.39 is 0 Å². The molecule has 0 fully saturated rings. The van der Waals surface area contributed by atoms with Crippen LogP contribution in [0, 0.1) is 0 Å². The molecule has 164 valence electrons. The average molecular weight is 477 g/mol. The summed E-state index contributed by atoms with van der Waals surface area (Å²) in [5, 5.41) is 0.612. The molecule has 2 rings (SSSR count). The third-order valence-corrected chi connectivity index (χ3v) is 5.12. The zero-order valence-corrected chi connectivity index (χ0v) is 19.3. The molecule has 2 aromatic carbocycles. The van der Waals surface area contributed by atoms with Gasteiger partial charge in [0.25, 0.3) is 0 Å². The highest BCUT2D eigenvalue weighted by Crippen LogP contribution is 2.17. The molecule has 0 heterocycles. The summed E-state index contributed by atoms with van der Waals surface area (Å²) >= 11 is 3.44. The summed E-state index contributed by atoms with van der Waals surface area (Å²) in [7, 11) is 0. The Bertz CT molecular complexity index is 680. The Balaban J connectivity index is 1.88. The summed E-state index contributed by atoms with van der Waals surface area (Å²) in [6.07, 6.45) is 2.82. The van der Waals surface area contributed by atoms with Gasteiger partial charge < -0.3 is 18.9 Å². The minimum atomic E-state index is -0.304. The van der Waals surface area contributed by atoms with Crippen LogP contribution in [0.15, 0.2) is 73.3 Å². The van der Waals surface area contributed by atoms with E-state index in [0.717, 1.165) is 12.0 Å². The lowest BCUT2D eigenvalue weighted by Gasteiger charge is -2.25. The van der Waals surface area contributed by atoms with Crippen LogP contribution in [0.1, 0.15) is 30.9 Å². The molecule has 0 amide bonds. The quantitative estimate of drug-likeness (QED) is 0.131. The summed E-state index contributed by atoms with van der Waals surface area (Å²) in [6, 6.07) is 20.4. The molecule has 0 aromatic heterocycles. The van der Waals surface area contributed by atoms with Gasteiger partial charge in [-0.1, -0.05) is 82.7 Å². The van der Waals surface area contributed by atoms with Crippen molar-refractivity contribution in [1.29, 1.82) is 0 Å². The van der Waals surface area contributed by atoms with E-state index in [2.05, 4.69) is 46.8 Å². The molecule has 0 aliphatic rings. The predicted molar refractivity (Wildman–Crippen MR) is 125 cm³/mol. The van der Waals surface area contributed by atoms with Crippen LogP contribution in [-0.4, -0.2) is 37.0 Å². The van der Waals surface area contributed by atoms with Gasteiger partial charge in [0.1, 0.15) is 0 Å². The van der Waals surface area contributed by atoms with Crippen LogP contribution < -0.4 is 0 Å². The maximum atomic E-state index is 6.23. The molecular weight excluding hydrogens is 444 g/mol. The van der Waals surface area contributed by atoms with Crippen LogP contribution >= 0.6 is 15.9 Å². The summed E-state index contributed by atoms with van der Waals surface area (Å²) in [5.74, 6) is 0. The zero-order chi connectivity index (χ0) is 21.4. The lowest BCUT2D eigenvalue weighted by Crippen LogP contribution is -2.29. The largest absolute Gasteiger partial charge is 0.377 e. The Labute approximate surface area is 189 Å². The van der Waals surface area contributed by atoms with Crippen molar-refractivity contribution >= 4 is 15.9 Å². The maximum absolute atomic E-state index is 6.23. The second-order valence-corrected chi connectivity index (χ2v) is 7.58. The number of hydrogen-bond donors (Lipinski definition) is 0. The fourth-order valence-corrected chi connectivity index (χ4v) is 3.34. The molecule has 0 saturated heterocycles. The van der Waals surface area contributed by atoms with Gasteiger partial charge in [-0.05, 0) is 24.5 Å². The van der Waals surface area contributed by atoms with Crippen LogP contribution in [0.25, 0.3) is 0 Å². The average Bonchev–Trinajstić information content (AvgIpc) is 2.80. The Hall–Kier alpha value is -1.50. The van der Waals surface area contributed by atoms with Gasteiger partial charge in [0.05, 0.1) is 30.8 Å². The van der Waals surface area contributed by atoms with Gasteiger partial charge in [0.15, 0.2) is 6.29 Å². The maximum Gasteiger partial charge on any atom is 0.167 e. The summed E-state index contributed by atoms with van der Waals surface area (Å²) < 4.78 is 23.7. The van der Waals surface area contributed by atoms with E-state index in [9.17, 15) is 0 Å². The van der Waals surface area contributed by atoms with E-state index in [4.69, 9.17) is 18.9 Å². The van der Waals surface area contributed by atoms with E-state index in [1.807, 2.05) is 49.4 Å². The molecule has 0 spiro atoms. The fraction of sp³-hybridized carbons (Fsp3) is 0.440. The van der Waals surface area contributed by atoms with E-state index in [-0.39, 0.29) is 18.5 Å². The molecule has 0 aliphatic heterocycles. The van der Waals surface area contributed by atoms with Crippen molar-refractivity contribution in [3.63, 3.8) is 0 Å². The lowest BCUT2D eigenvalue weighted by atomic mass is 10.1. The minimum absolute atomic E-state index is 0.0124. The second kappa shape index (κ2) is 15.3. The highest BCUT2D eigenvalue weighted by Gasteiger charge is 2.19. The summed E-state index contributed by atoms with van der Waals surface area (Å²) in [6.45, 7) is 8.26. The van der Waals surface area contributed by atoms with Gasteiger partial charge in [-0.2, -0.15) is 0 Å².